The zero-order chi connectivity index (χ0) is 3.54. The van der Waals surface area contributed by atoms with Crippen LogP contribution in [0.3, 0.4) is 0 Å². The van der Waals surface area contributed by atoms with Gasteiger partial charge in [0.05, 0.1) is 12.4 Å². The summed E-state index contributed by atoms with van der Waals surface area (Å²) >= 11 is 0. The molecule has 0 unspecified atom stereocenters. The van der Waals surface area contributed by atoms with E-state index in [2.05, 4.69) is 15.4 Å². The molecule has 1 aromatic heterocycles. The van der Waals surface area contributed by atoms with Gasteiger partial charge in [0.25, 0.3) is 0 Å². The molecule has 0 aliphatic carbocycles. The molecule has 0 aromatic carbocycles. The molecule has 0 saturated heterocycles. The number of nitrogens with one attached hydrogen (secondary N) is 1. The third-order valence-electron chi connectivity index (χ3n) is 0.331. The Balaban J connectivity index is 0. The van der Waals surface area contributed by atoms with Crippen molar-refractivity contribution >= 4 is 29.6 Å². The Kier molecular flexibility index (Phi) is 8.85. The first-order valence-electron chi connectivity index (χ1n) is 1.30. The van der Waals surface area contributed by atoms with Crippen molar-refractivity contribution in [2.45, 2.75) is 0 Å². The summed E-state index contributed by atoms with van der Waals surface area (Å²) in [5.74, 6) is 0. The molecule has 1 aromatic rings. The number of rotatable bonds is 0. The van der Waals surface area contributed by atoms with Crippen molar-refractivity contribution in [3.63, 3.8) is 0 Å². The molecule has 4 N–H and O–H groups in total. The van der Waals surface area contributed by atoms with Crippen molar-refractivity contribution in [3.05, 3.63) is 12.4 Å². The summed E-state index contributed by atoms with van der Waals surface area (Å²) in [4.78, 5) is 0. The molecule has 0 fully saturated rings. The number of nitrogens with zero attached hydrogens (tertiary/aromatic N) is 2. The minimum absolute atomic E-state index is 0. The average Bonchev–Trinajstić information content (AvgIpc) is 1.76. The number of aromatic amines is 1. The van der Waals surface area contributed by atoms with Crippen LogP contribution in [0.1, 0.15) is 0 Å². The van der Waals surface area contributed by atoms with E-state index in [-0.39, 0.29) is 35.7 Å². The zero-order valence-electron chi connectivity index (χ0n) is 4.26. The molecule has 0 atom stereocenters. The minimum atomic E-state index is 0. The van der Waals surface area contributed by atoms with Gasteiger partial charge in [-0.15, -0.1) is 0 Å². The molecule has 0 spiro atoms. The first-order chi connectivity index (χ1) is 2.50. The first-order valence-corrected chi connectivity index (χ1v) is 1.30. The number of hydrogen-bond donors (Lipinski definition) is 2. The van der Waals surface area contributed by atoms with E-state index in [9.17, 15) is 0 Å². The van der Waals surface area contributed by atoms with E-state index < -0.39 is 0 Å². The maximum atomic E-state index is 3.49. The van der Waals surface area contributed by atoms with Crippen LogP contribution in [0, 0.1) is 0 Å². The Morgan fingerprint density at radius 2 is 1.57 bits per heavy atom. The van der Waals surface area contributed by atoms with Crippen LogP contribution < -0.4 is 6.15 Å². The first kappa shape index (κ1) is 10.2. The SMILES string of the molecule is N.[Na].c1cn[nH]n1. The normalized spacial score (nSPS) is 5.71. The van der Waals surface area contributed by atoms with Crippen LogP contribution in [0.5, 0.6) is 0 Å². The van der Waals surface area contributed by atoms with E-state index >= 15 is 0 Å². The largest absolute Gasteiger partial charge is 0.344 e. The Labute approximate surface area is 63.6 Å². The molecule has 4 nitrogen and oxygen atoms in total. The van der Waals surface area contributed by atoms with E-state index in [4.69, 9.17) is 0 Å². The maximum Gasteiger partial charge on any atom is 0.0690 e. The Hall–Kier alpha value is 0.1000. The van der Waals surface area contributed by atoms with Gasteiger partial charge in [-0.05, 0) is 0 Å². The molecule has 0 amide bonds. The second kappa shape index (κ2) is 6.10. The molecule has 0 bridgehead atoms. The predicted molar refractivity (Wildman–Crippen MR) is 27.2 cm³/mol. The molecule has 0 aliphatic heterocycles. The van der Waals surface area contributed by atoms with Crippen LogP contribution in [0.25, 0.3) is 0 Å². The van der Waals surface area contributed by atoms with Crippen LogP contribution in [0.15, 0.2) is 12.4 Å². The molecular weight excluding hydrogens is 103 g/mol. The van der Waals surface area contributed by atoms with Crippen molar-refractivity contribution in [3.8, 4) is 0 Å². The van der Waals surface area contributed by atoms with Crippen LogP contribution in [0.4, 0.5) is 0 Å². The molecule has 0 aliphatic rings. The quantitative estimate of drug-likeness (QED) is 0.444. The van der Waals surface area contributed by atoms with E-state index in [0.29, 0.717) is 0 Å². The predicted octanol–water partition coefficient (Wildman–Crippen LogP) is -0.414. The van der Waals surface area contributed by atoms with Gasteiger partial charge in [-0.3, -0.25) is 0 Å². The molecule has 7 heavy (non-hydrogen) atoms. The molecule has 0 saturated carbocycles. The van der Waals surface area contributed by atoms with Crippen LogP contribution in [-0.2, 0) is 0 Å². The Morgan fingerprint density at radius 3 is 1.71 bits per heavy atom. The summed E-state index contributed by atoms with van der Waals surface area (Å²) in [5.41, 5.74) is 0. The standard InChI is InChI=1S/C2H3N3.H3N.Na/c1-2-4-5-3-1;;/h1-2H,(H,3,4,5);1H3;. The summed E-state index contributed by atoms with van der Waals surface area (Å²) in [6.07, 6.45) is 3.17. The smallest absolute Gasteiger partial charge is 0.0690 e. The molecule has 35 valence electrons. The summed E-state index contributed by atoms with van der Waals surface area (Å²) in [7, 11) is 0. The topological polar surface area (TPSA) is 76.6 Å². The van der Waals surface area contributed by atoms with Crippen molar-refractivity contribution in [2.75, 3.05) is 0 Å². The van der Waals surface area contributed by atoms with E-state index in [1.807, 2.05) is 0 Å². The number of hydrogen-bond acceptors (Lipinski definition) is 3. The van der Waals surface area contributed by atoms with Crippen molar-refractivity contribution in [1.82, 2.24) is 21.6 Å². The van der Waals surface area contributed by atoms with Crippen LogP contribution in [0.2, 0.25) is 0 Å². The van der Waals surface area contributed by atoms with Gasteiger partial charge in [0.2, 0.25) is 0 Å². The fourth-order valence-corrected chi connectivity index (χ4v) is 0.167. The van der Waals surface area contributed by atoms with Gasteiger partial charge in [0, 0.05) is 29.6 Å². The van der Waals surface area contributed by atoms with Gasteiger partial charge >= 0.3 is 0 Å². The summed E-state index contributed by atoms with van der Waals surface area (Å²) in [6, 6.07) is 0. The fourth-order valence-electron chi connectivity index (χ4n) is 0.167. The number of aromatic nitrogens is 3. The van der Waals surface area contributed by atoms with E-state index in [1.54, 1.807) is 12.4 Å². The van der Waals surface area contributed by atoms with Gasteiger partial charge in [0.1, 0.15) is 0 Å². The van der Waals surface area contributed by atoms with Gasteiger partial charge in [0.15, 0.2) is 0 Å². The zero-order valence-corrected chi connectivity index (χ0v) is 6.26. The van der Waals surface area contributed by atoms with Gasteiger partial charge in [-0.25, -0.2) is 0 Å². The van der Waals surface area contributed by atoms with E-state index in [1.165, 1.54) is 0 Å². The summed E-state index contributed by atoms with van der Waals surface area (Å²) in [5, 5.41) is 9.33. The molecule has 1 rings (SSSR count). The van der Waals surface area contributed by atoms with Crippen molar-refractivity contribution < 1.29 is 0 Å². The van der Waals surface area contributed by atoms with Crippen molar-refractivity contribution in [1.29, 1.82) is 0 Å². The van der Waals surface area contributed by atoms with Crippen LogP contribution >= 0.6 is 0 Å². The molecule has 1 radical (unpaired) electrons. The van der Waals surface area contributed by atoms with Gasteiger partial charge in [-0.1, -0.05) is 0 Å². The van der Waals surface area contributed by atoms with Gasteiger partial charge < -0.3 is 6.15 Å². The second-order valence-electron chi connectivity index (χ2n) is 0.656. The number of H-pyrrole nitrogens is 1. The average molecular weight is 109 g/mol. The minimum Gasteiger partial charge on any atom is -0.344 e. The van der Waals surface area contributed by atoms with Crippen molar-refractivity contribution in [2.24, 2.45) is 0 Å². The van der Waals surface area contributed by atoms with E-state index in [0.717, 1.165) is 0 Å². The fraction of sp³-hybridized carbons (Fsp3) is 0. The Bertz CT molecular complexity index is 66.2. The van der Waals surface area contributed by atoms with Crippen LogP contribution in [-0.4, -0.2) is 45.0 Å². The summed E-state index contributed by atoms with van der Waals surface area (Å²) in [6.45, 7) is 0. The monoisotopic (exact) mass is 109 g/mol. The third kappa shape index (κ3) is 3.94. The Morgan fingerprint density at radius 1 is 1.14 bits per heavy atom. The third-order valence-corrected chi connectivity index (χ3v) is 0.331. The molecule has 1 heterocycles. The maximum absolute atomic E-state index is 3.49. The van der Waals surface area contributed by atoms with Gasteiger partial charge in [-0.2, -0.15) is 15.4 Å². The molecular formula is C2H6N4Na. The summed E-state index contributed by atoms with van der Waals surface area (Å²) < 4.78 is 0. The second-order valence-corrected chi connectivity index (χ2v) is 0.656. The molecule has 5 heteroatoms.